The molecule has 1 N–H and O–H groups in total. The smallest absolute Gasteiger partial charge is 0.261 e. The second-order valence-corrected chi connectivity index (χ2v) is 7.32. The van der Waals surface area contributed by atoms with Crippen LogP contribution in [-0.4, -0.2) is 22.1 Å². The SMILES string of the molecule is Cc1cc(C)c2c(c1)C(NC(=O)Cn1c(C)nc3ccccc3c1=O)CCO2. The standard InChI is InChI=1S/C22H23N3O3/c1-13-10-14(2)21-17(11-13)19(8-9-28-21)24-20(26)12-25-15(3)23-18-7-5-4-6-16(18)22(25)27/h4-7,10-11,19H,8-9,12H2,1-3H3,(H,24,26). The van der Waals surface area contributed by atoms with Gasteiger partial charge in [-0.05, 0) is 38.5 Å². The lowest BCUT2D eigenvalue weighted by Gasteiger charge is -2.28. The van der Waals surface area contributed by atoms with Gasteiger partial charge in [-0.15, -0.1) is 0 Å². The first kappa shape index (κ1) is 18.2. The minimum Gasteiger partial charge on any atom is -0.493 e. The number of benzene rings is 2. The van der Waals surface area contributed by atoms with E-state index >= 15 is 0 Å². The largest absolute Gasteiger partial charge is 0.493 e. The molecule has 1 aromatic heterocycles. The number of aryl methyl sites for hydroxylation is 3. The fourth-order valence-electron chi connectivity index (χ4n) is 3.88. The van der Waals surface area contributed by atoms with Gasteiger partial charge in [-0.25, -0.2) is 4.98 Å². The number of amides is 1. The van der Waals surface area contributed by atoms with Crippen LogP contribution in [0.3, 0.4) is 0 Å². The van der Waals surface area contributed by atoms with Crippen molar-refractivity contribution >= 4 is 16.8 Å². The number of para-hydroxylation sites is 1. The summed E-state index contributed by atoms with van der Waals surface area (Å²) in [6.45, 7) is 6.29. The summed E-state index contributed by atoms with van der Waals surface area (Å²) in [5.41, 5.74) is 3.65. The summed E-state index contributed by atoms with van der Waals surface area (Å²) in [5.74, 6) is 1.17. The van der Waals surface area contributed by atoms with Crippen LogP contribution < -0.4 is 15.6 Å². The first-order chi connectivity index (χ1) is 13.4. The molecule has 0 aliphatic carbocycles. The number of hydrogen-bond donors (Lipinski definition) is 1. The first-order valence-corrected chi connectivity index (χ1v) is 9.43. The molecule has 1 unspecified atom stereocenters. The molecule has 4 rings (SSSR count). The molecule has 1 amide bonds. The summed E-state index contributed by atoms with van der Waals surface area (Å²) in [6.07, 6.45) is 0.700. The zero-order valence-corrected chi connectivity index (χ0v) is 16.3. The molecule has 0 fully saturated rings. The van der Waals surface area contributed by atoms with Crippen molar-refractivity contribution in [1.82, 2.24) is 14.9 Å². The number of fused-ring (bicyclic) bond motifs is 2. The number of nitrogens with one attached hydrogen (secondary N) is 1. The molecule has 1 aliphatic heterocycles. The number of carbonyl (C=O) groups excluding carboxylic acids is 1. The Bertz CT molecular complexity index is 1130. The van der Waals surface area contributed by atoms with Crippen LogP contribution >= 0.6 is 0 Å². The molecule has 3 aromatic rings. The molecular weight excluding hydrogens is 354 g/mol. The lowest BCUT2D eigenvalue weighted by atomic mass is 9.95. The lowest BCUT2D eigenvalue weighted by molar-refractivity contribution is -0.122. The molecule has 28 heavy (non-hydrogen) atoms. The highest BCUT2D eigenvalue weighted by Gasteiger charge is 2.25. The summed E-state index contributed by atoms with van der Waals surface area (Å²) < 4.78 is 7.24. The van der Waals surface area contributed by atoms with Crippen molar-refractivity contribution in [3.63, 3.8) is 0 Å². The summed E-state index contributed by atoms with van der Waals surface area (Å²) in [5, 5.41) is 3.59. The van der Waals surface area contributed by atoms with Gasteiger partial charge in [-0.1, -0.05) is 29.8 Å². The van der Waals surface area contributed by atoms with Crippen LogP contribution in [0.5, 0.6) is 5.75 Å². The van der Waals surface area contributed by atoms with E-state index in [0.29, 0.717) is 29.8 Å². The number of rotatable bonds is 3. The minimum atomic E-state index is -0.209. The monoisotopic (exact) mass is 377 g/mol. The van der Waals surface area contributed by atoms with E-state index in [1.165, 1.54) is 4.57 Å². The van der Waals surface area contributed by atoms with Crippen molar-refractivity contribution in [3.8, 4) is 5.75 Å². The Hall–Kier alpha value is -3.15. The van der Waals surface area contributed by atoms with E-state index in [4.69, 9.17) is 4.74 Å². The minimum absolute atomic E-state index is 0.0556. The van der Waals surface area contributed by atoms with Gasteiger partial charge in [0.25, 0.3) is 5.56 Å². The predicted molar refractivity (Wildman–Crippen MR) is 108 cm³/mol. The molecule has 0 bridgehead atoms. The third-order valence-electron chi connectivity index (χ3n) is 5.17. The van der Waals surface area contributed by atoms with Crippen molar-refractivity contribution in [2.75, 3.05) is 6.61 Å². The van der Waals surface area contributed by atoms with Gasteiger partial charge in [-0.3, -0.25) is 14.2 Å². The number of ether oxygens (including phenoxy) is 1. The maximum absolute atomic E-state index is 12.8. The van der Waals surface area contributed by atoms with E-state index in [0.717, 1.165) is 22.4 Å². The van der Waals surface area contributed by atoms with E-state index in [1.54, 1.807) is 25.1 Å². The highest BCUT2D eigenvalue weighted by atomic mass is 16.5. The van der Waals surface area contributed by atoms with Gasteiger partial charge in [0.2, 0.25) is 5.91 Å². The van der Waals surface area contributed by atoms with Crippen LogP contribution in [-0.2, 0) is 11.3 Å². The van der Waals surface area contributed by atoms with Crippen LogP contribution in [0.4, 0.5) is 0 Å². The molecule has 6 heteroatoms. The van der Waals surface area contributed by atoms with Crippen molar-refractivity contribution in [2.24, 2.45) is 0 Å². The van der Waals surface area contributed by atoms with E-state index in [1.807, 2.05) is 19.9 Å². The zero-order chi connectivity index (χ0) is 19.8. The topological polar surface area (TPSA) is 73.2 Å². The Balaban J connectivity index is 1.60. The molecular formula is C22H23N3O3. The molecule has 1 atom stereocenters. The third-order valence-corrected chi connectivity index (χ3v) is 5.17. The maximum Gasteiger partial charge on any atom is 0.261 e. The quantitative estimate of drug-likeness (QED) is 0.762. The molecule has 0 saturated heterocycles. The van der Waals surface area contributed by atoms with E-state index in [2.05, 4.69) is 22.4 Å². The van der Waals surface area contributed by atoms with Crippen molar-refractivity contribution < 1.29 is 9.53 Å². The predicted octanol–water partition coefficient (Wildman–Crippen LogP) is 2.96. The van der Waals surface area contributed by atoms with Crippen LogP contribution in [0.1, 0.15) is 35.0 Å². The molecule has 2 heterocycles. The summed E-state index contributed by atoms with van der Waals surface area (Å²) in [7, 11) is 0. The normalized spacial score (nSPS) is 15.8. The number of nitrogens with zero attached hydrogens (tertiary/aromatic N) is 2. The Kier molecular flexibility index (Phi) is 4.63. The van der Waals surface area contributed by atoms with E-state index in [-0.39, 0.29) is 24.1 Å². The summed E-state index contributed by atoms with van der Waals surface area (Å²) in [6, 6.07) is 11.2. The average molecular weight is 377 g/mol. The Labute approximate surface area is 163 Å². The molecule has 2 aromatic carbocycles. The van der Waals surface area contributed by atoms with Gasteiger partial charge in [-0.2, -0.15) is 0 Å². The molecule has 144 valence electrons. The Morgan fingerprint density at radius 2 is 2.04 bits per heavy atom. The van der Waals surface area contributed by atoms with Gasteiger partial charge in [0.15, 0.2) is 0 Å². The zero-order valence-electron chi connectivity index (χ0n) is 16.3. The van der Waals surface area contributed by atoms with Gasteiger partial charge in [0.1, 0.15) is 18.1 Å². The van der Waals surface area contributed by atoms with Gasteiger partial charge in [0, 0.05) is 12.0 Å². The van der Waals surface area contributed by atoms with Crippen molar-refractivity contribution in [2.45, 2.75) is 39.8 Å². The van der Waals surface area contributed by atoms with Gasteiger partial charge in [0.05, 0.1) is 23.6 Å². The highest BCUT2D eigenvalue weighted by Crippen LogP contribution is 2.35. The number of aromatic nitrogens is 2. The summed E-state index contributed by atoms with van der Waals surface area (Å²) in [4.78, 5) is 30.0. The second-order valence-electron chi connectivity index (χ2n) is 7.32. The molecule has 0 saturated carbocycles. The fourth-order valence-corrected chi connectivity index (χ4v) is 3.88. The van der Waals surface area contributed by atoms with Crippen LogP contribution in [0.2, 0.25) is 0 Å². The number of carbonyl (C=O) groups is 1. The molecule has 0 radical (unpaired) electrons. The van der Waals surface area contributed by atoms with Crippen LogP contribution in [0, 0.1) is 20.8 Å². The molecule has 6 nitrogen and oxygen atoms in total. The van der Waals surface area contributed by atoms with Crippen molar-refractivity contribution in [1.29, 1.82) is 0 Å². The number of hydrogen-bond acceptors (Lipinski definition) is 4. The van der Waals surface area contributed by atoms with Crippen molar-refractivity contribution in [3.05, 3.63) is 69.3 Å². The van der Waals surface area contributed by atoms with Gasteiger partial charge < -0.3 is 10.1 Å². The van der Waals surface area contributed by atoms with Crippen LogP contribution in [0.15, 0.2) is 41.2 Å². The fraction of sp³-hybridized carbons (Fsp3) is 0.318. The van der Waals surface area contributed by atoms with E-state index < -0.39 is 0 Å². The third kappa shape index (κ3) is 3.26. The Morgan fingerprint density at radius 3 is 2.86 bits per heavy atom. The first-order valence-electron chi connectivity index (χ1n) is 9.43. The molecule has 1 aliphatic rings. The Morgan fingerprint density at radius 1 is 1.25 bits per heavy atom. The highest BCUT2D eigenvalue weighted by molar-refractivity contribution is 5.79. The van der Waals surface area contributed by atoms with Crippen LogP contribution in [0.25, 0.3) is 10.9 Å². The molecule has 0 spiro atoms. The van der Waals surface area contributed by atoms with Gasteiger partial charge >= 0.3 is 0 Å². The second kappa shape index (κ2) is 7.11. The maximum atomic E-state index is 12.8. The average Bonchev–Trinajstić information content (AvgIpc) is 2.66. The lowest BCUT2D eigenvalue weighted by Crippen LogP contribution is -2.37. The summed E-state index contributed by atoms with van der Waals surface area (Å²) >= 11 is 0. The van der Waals surface area contributed by atoms with E-state index in [9.17, 15) is 9.59 Å².